The van der Waals surface area contributed by atoms with Gasteiger partial charge in [-0.2, -0.15) is 5.10 Å². The number of rotatable bonds is 16. The summed E-state index contributed by atoms with van der Waals surface area (Å²) in [5, 5.41) is 7.38. The van der Waals surface area contributed by atoms with Crippen molar-refractivity contribution in [3.63, 3.8) is 0 Å². The number of anilines is 2. The quantitative estimate of drug-likeness (QED) is 0.0599. The van der Waals surface area contributed by atoms with Gasteiger partial charge in [-0.05, 0) is 62.3 Å². The minimum Gasteiger partial charge on any atom is -0.494 e. The maximum Gasteiger partial charge on any atom is 0.276 e. The summed E-state index contributed by atoms with van der Waals surface area (Å²) in [4.78, 5) is 46.9. The van der Waals surface area contributed by atoms with Crippen LogP contribution in [-0.2, 0) is 24.1 Å². The monoisotopic (exact) mass is 758 g/mol. The van der Waals surface area contributed by atoms with Crippen molar-refractivity contribution in [3.8, 4) is 11.5 Å². The summed E-state index contributed by atoms with van der Waals surface area (Å²) >= 11 is 0. The number of imidazole rings is 2. The number of nitrogens with zero attached hydrogens (tertiary/aromatic N) is 6. The van der Waals surface area contributed by atoms with Crippen LogP contribution in [0, 0.1) is 6.92 Å². The van der Waals surface area contributed by atoms with Crippen LogP contribution in [0.25, 0.3) is 22.1 Å². The Morgan fingerprint density at radius 3 is 2.07 bits per heavy atom. The third-order valence-electron chi connectivity index (χ3n) is 9.65. The van der Waals surface area contributed by atoms with Crippen LogP contribution in [0.5, 0.6) is 11.5 Å². The first kappa shape index (κ1) is 39.5. The smallest absolute Gasteiger partial charge is 0.276 e. The van der Waals surface area contributed by atoms with Crippen molar-refractivity contribution in [2.75, 3.05) is 31.4 Å². The second kappa shape index (κ2) is 15.7. The Balaban J connectivity index is 1.43. The molecule has 5 aromatic rings. The Morgan fingerprint density at radius 2 is 1.48 bits per heavy atom. The van der Waals surface area contributed by atoms with Crippen molar-refractivity contribution in [2.24, 2.45) is 11.5 Å². The highest BCUT2D eigenvalue weighted by Crippen LogP contribution is 2.37. The summed E-state index contributed by atoms with van der Waals surface area (Å²) < 4.78 is 23.3. The minimum atomic E-state index is -1.91. The fraction of sp³-hybridized carbons (Fsp3) is 0.405. The second-order valence-electron chi connectivity index (χ2n) is 14.5. The van der Waals surface area contributed by atoms with Gasteiger partial charge in [-0.1, -0.05) is 32.9 Å². The van der Waals surface area contributed by atoms with Crippen LogP contribution in [0.4, 0.5) is 11.9 Å². The van der Waals surface area contributed by atoms with Gasteiger partial charge in [-0.15, -0.1) is 0 Å². The van der Waals surface area contributed by atoms with Crippen molar-refractivity contribution in [1.29, 1.82) is 0 Å². The fourth-order valence-electron chi connectivity index (χ4n) is 5.77. The van der Waals surface area contributed by atoms with Gasteiger partial charge in [0.15, 0.2) is 8.32 Å². The molecule has 2 aromatic carbocycles. The molecule has 0 spiro atoms. The van der Waals surface area contributed by atoms with Crippen LogP contribution in [0.3, 0.4) is 0 Å². The summed E-state index contributed by atoms with van der Waals surface area (Å²) in [5.74, 6) is -0.448. The van der Waals surface area contributed by atoms with Crippen LogP contribution in [-0.4, -0.2) is 75.2 Å². The molecule has 0 aliphatic heterocycles. The topological polar surface area (TPSA) is 222 Å². The molecule has 0 aliphatic carbocycles. The predicted molar refractivity (Wildman–Crippen MR) is 210 cm³/mol. The molecule has 0 saturated carbocycles. The van der Waals surface area contributed by atoms with Crippen molar-refractivity contribution < 1.29 is 28.3 Å². The van der Waals surface area contributed by atoms with Gasteiger partial charge >= 0.3 is 0 Å². The Morgan fingerprint density at radius 1 is 0.889 bits per heavy atom. The number of ether oxygens (including phenoxy) is 2. The molecule has 3 heterocycles. The molecule has 5 rings (SSSR count). The number of methoxy groups -OCH3 is 1. The lowest BCUT2D eigenvalue weighted by molar-refractivity contribution is 0.0991. The van der Waals surface area contributed by atoms with Crippen LogP contribution < -0.4 is 32.0 Å². The third kappa shape index (κ3) is 8.26. The lowest BCUT2D eigenvalue weighted by atomic mass is 10.1. The molecule has 0 aliphatic rings. The average molecular weight is 759 g/mol. The van der Waals surface area contributed by atoms with E-state index >= 15 is 0 Å². The minimum absolute atomic E-state index is 0.0902. The van der Waals surface area contributed by atoms with E-state index in [0.29, 0.717) is 71.1 Å². The molecule has 288 valence electrons. The Kier molecular flexibility index (Phi) is 11.5. The molecule has 0 saturated heterocycles. The van der Waals surface area contributed by atoms with Gasteiger partial charge in [-0.25, -0.2) is 9.97 Å². The number of benzene rings is 2. The lowest BCUT2D eigenvalue weighted by Gasteiger charge is -2.36. The number of primary amides is 2. The van der Waals surface area contributed by atoms with E-state index in [-0.39, 0.29) is 41.2 Å². The van der Waals surface area contributed by atoms with Crippen LogP contribution in [0.1, 0.15) is 71.0 Å². The molecule has 0 fully saturated rings. The van der Waals surface area contributed by atoms with Crippen LogP contribution >= 0.6 is 0 Å². The van der Waals surface area contributed by atoms with Gasteiger partial charge in [0.1, 0.15) is 28.2 Å². The van der Waals surface area contributed by atoms with E-state index in [1.165, 1.54) is 13.2 Å². The molecule has 0 unspecified atom stereocenters. The highest BCUT2D eigenvalue weighted by molar-refractivity contribution is 6.74. The maximum atomic E-state index is 13.5. The van der Waals surface area contributed by atoms with E-state index < -0.39 is 26.0 Å². The van der Waals surface area contributed by atoms with Crippen LogP contribution in [0.15, 0.2) is 42.5 Å². The molecular formula is C37H50N10O6Si. The highest BCUT2D eigenvalue weighted by atomic mass is 28.4. The fourth-order valence-corrected chi connectivity index (χ4v) is 6.85. The first-order chi connectivity index (χ1) is 25.4. The largest absolute Gasteiger partial charge is 0.494 e. The zero-order chi connectivity index (χ0) is 39.5. The molecule has 0 atom stereocenters. The molecule has 17 heteroatoms. The van der Waals surface area contributed by atoms with E-state index in [4.69, 9.17) is 31.1 Å². The molecule has 0 radical (unpaired) electrons. The lowest BCUT2D eigenvalue weighted by Crippen LogP contribution is -2.41. The first-order valence-corrected chi connectivity index (χ1v) is 20.6. The number of aryl methyl sites for hydroxylation is 2. The third-order valence-corrected chi connectivity index (χ3v) is 14.2. The van der Waals surface area contributed by atoms with Crippen molar-refractivity contribution >= 4 is 60.0 Å². The number of fused-ring (bicyclic) bond motifs is 2. The van der Waals surface area contributed by atoms with E-state index in [1.807, 2.05) is 26.0 Å². The Hall–Kier alpha value is -5.68. The van der Waals surface area contributed by atoms with E-state index in [2.05, 4.69) is 54.2 Å². The number of hydrogen-bond donors (Lipinski definition) is 4. The summed E-state index contributed by atoms with van der Waals surface area (Å²) in [6.45, 7) is 16.6. The summed E-state index contributed by atoms with van der Waals surface area (Å²) in [5.41, 5.74) is 21.2. The number of carbonyl (C=O) groups is 3. The molecule has 7 N–H and O–H groups in total. The van der Waals surface area contributed by atoms with Crippen molar-refractivity contribution in [3.05, 3.63) is 65.0 Å². The standard InChI is InChI=1S/C37H50N10O6Si/c1-9-47-27(17-22(2)44-47)34(50)43-36-42-26-19-23(32(38)48)20-28(51-6)30(26)46(36)14-11-10-13-45-31-25(41-35(45)40)18-24(33(39)49)21-29(31)52-15-12-16-53-54(7,8)37(3,4)5/h10-11,17-21H,9,12-16H2,1-8H3,(H2,38,48)(H2,39,49)(H2,40,41)(H,42,43,50)/b11-10+. The van der Waals surface area contributed by atoms with E-state index in [1.54, 1.807) is 38.1 Å². The van der Waals surface area contributed by atoms with Crippen LogP contribution in [0.2, 0.25) is 18.1 Å². The number of nitrogens with two attached hydrogens (primary N) is 3. The van der Waals surface area contributed by atoms with E-state index in [9.17, 15) is 14.4 Å². The zero-order valence-electron chi connectivity index (χ0n) is 32.1. The number of amides is 3. The number of aromatic nitrogens is 6. The van der Waals surface area contributed by atoms with Gasteiger partial charge < -0.3 is 40.2 Å². The van der Waals surface area contributed by atoms with Crippen molar-refractivity contribution in [2.45, 2.75) is 78.8 Å². The summed E-state index contributed by atoms with van der Waals surface area (Å²) in [7, 11) is -0.438. The molecule has 0 bridgehead atoms. The SMILES string of the molecule is CCn1nc(C)cc1C(=O)Nc1nc2cc(C(N)=O)cc(OC)c2n1C/C=C/Cn1c(N)nc2cc(C(N)=O)cc(OCCCO[Si](C)(C)C(C)(C)C)c21. The summed E-state index contributed by atoms with van der Waals surface area (Å²) in [6.07, 6.45) is 4.40. The molecular weight excluding hydrogens is 709 g/mol. The average Bonchev–Trinajstić information content (AvgIpc) is 3.76. The number of nitrogens with one attached hydrogen (secondary N) is 1. The molecule has 3 amide bonds. The Bertz CT molecular complexity index is 2240. The van der Waals surface area contributed by atoms with Crippen molar-refractivity contribution in [1.82, 2.24) is 28.9 Å². The van der Waals surface area contributed by atoms with E-state index in [0.717, 1.165) is 0 Å². The van der Waals surface area contributed by atoms with Gasteiger partial charge in [0, 0.05) is 43.8 Å². The highest BCUT2D eigenvalue weighted by Gasteiger charge is 2.36. The Labute approximate surface area is 314 Å². The van der Waals surface area contributed by atoms with Gasteiger partial charge in [0.05, 0.1) is 30.4 Å². The number of hydrogen-bond acceptors (Lipinski definition) is 10. The predicted octanol–water partition coefficient (Wildman–Crippen LogP) is 5.00. The normalized spacial score (nSPS) is 12.2. The number of allylic oxidation sites excluding steroid dienone is 2. The number of nitrogen functional groups attached to an aromatic ring is 1. The van der Waals surface area contributed by atoms with Gasteiger partial charge in [0.25, 0.3) is 5.91 Å². The second-order valence-corrected chi connectivity index (χ2v) is 19.3. The molecule has 16 nitrogen and oxygen atoms in total. The summed E-state index contributed by atoms with van der Waals surface area (Å²) in [6, 6.07) is 7.98. The van der Waals surface area contributed by atoms with Gasteiger partial charge in [-0.3, -0.25) is 24.4 Å². The maximum absolute atomic E-state index is 13.5. The zero-order valence-corrected chi connectivity index (χ0v) is 33.1. The number of carbonyl (C=O) groups excluding carboxylic acids is 3. The molecule has 3 aromatic heterocycles. The first-order valence-electron chi connectivity index (χ1n) is 17.7. The van der Waals surface area contributed by atoms with Gasteiger partial charge in [0.2, 0.25) is 23.7 Å². The molecule has 54 heavy (non-hydrogen) atoms.